The van der Waals surface area contributed by atoms with Crippen LogP contribution in [0.2, 0.25) is 5.02 Å². The fourth-order valence-corrected chi connectivity index (χ4v) is 3.24. The third kappa shape index (κ3) is 4.07. The molecule has 0 fully saturated rings. The number of amides is 2. The van der Waals surface area contributed by atoms with Crippen LogP contribution in [0.1, 0.15) is 52.6 Å². The largest absolute Gasteiger partial charge is 0.454 e. The van der Waals surface area contributed by atoms with Crippen molar-refractivity contribution in [2.45, 2.75) is 40.2 Å². The Hall–Kier alpha value is -2.73. The predicted molar refractivity (Wildman–Crippen MR) is 107 cm³/mol. The van der Waals surface area contributed by atoms with Gasteiger partial charge in [-0.15, -0.1) is 0 Å². The summed E-state index contributed by atoms with van der Waals surface area (Å²) in [7, 11) is 0. The van der Waals surface area contributed by atoms with Crippen LogP contribution in [-0.2, 0) is 0 Å². The van der Waals surface area contributed by atoms with Gasteiger partial charge in [0.1, 0.15) is 0 Å². The summed E-state index contributed by atoms with van der Waals surface area (Å²) in [4.78, 5) is 26.1. The van der Waals surface area contributed by atoms with Gasteiger partial charge in [-0.2, -0.15) is 0 Å². The van der Waals surface area contributed by atoms with E-state index in [1.807, 2.05) is 40.7 Å². The van der Waals surface area contributed by atoms with E-state index in [1.54, 1.807) is 12.1 Å². The molecular formula is C21H23ClN2O4. The Morgan fingerprint density at radius 1 is 1.00 bits per heavy atom. The average molecular weight is 403 g/mol. The van der Waals surface area contributed by atoms with Crippen molar-refractivity contribution >= 4 is 23.4 Å². The lowest BCUT2D eigenvalue weighted by Crippen LogP contribution is -2.56. The van der Waals surface area contributed by atoms with Gasteiger partial charge in [0, 0.05) is 11.6 Å². The third-order valence-electron chi connectivity index (χ3n) is 4.26. The smallest absolute Gasteiger partial charge is 0.272 e. The number of ether oxygens (including phenoxy) is 2. The molecule has 1 N–H and O–H groups in total. The van der Waals surface area contributed by atoms with Crippen LogP contribution in [0.15, 0.2) is 30.3 Å². The summed E-state index contributed by atoms with van der Waals surface area (Å²) in [5.41, 5.74) is 4.70. The minimum atomic E-state index is -0.660. The van der Waals surface area contributed by atoms with Crippen molar-refractivity contribution in [3.63, 3.8) is 0 Å². The number of hydrogen-bond donors (Lipinski definition) is 1. The summed E-state index contributed by atoms with van der Waals surface area (Å²) in [6.07, 6.45) is 0. The van der Waals surface area contributed by atoms with E-state index in [4.69, 9.17) is 21.1 Å². The van der Waals surface area contributed by atoms with Gasteiger partial charge < -0.3 is 9.47 Å². The van der Waals surface area contributed by atoms with Gasteiger partial charge in [-0.3, -0.25) is 15.0 Å². The summed E-state index contributed by atoms with van der Waals surface area (Å²) in [6.45, 7) is 9.46. The fourth-order valence-electron chi connectivity index (χ4n) is 3.00. The first-order valence-electron chi connectivity index (χ1n) is 8.89. The molecule has 0 atom stereocenters. The molecule has 0 saturated heterocycles. The topological polar surface area (TPSA) is 67.9 Å². The molecule has 0 radical (unpaired) electrons. The van der Waals surface area contributed by atoms with Gasteiger partial charge in [0.15, 0.2) is 11.5 Å². The molecule has 0 saturated carbocycles. The normalized spacial score (nSPS) is 12.6. The molecule has 2 amide bonds. The molecule has 1 aliphatic heterocycles. The van der Waals surface area contributed by atoms with Crippen LogP contribution in [0.3, 0.4) is 0 Å². The van der Waals surface area contributed by atoms with Crippen LogP contribution < -0.4 is 14.9 Å². The van der Waals surface area contributed by atoms with Crippen molar-refractivity contribution in [2.75, 3.05) is 6.79 Å². The van der Waals surface area contributed by atoms with Gasteiger partial charge in [-0.1, -0.05) is 28.8 Å². The van der Waals surface area contributed by atoms with Gasteiger partial charge in [-0.05, 0) is 52.8 Å². The Morgan fingerprint density at radius 3 is 2.14 bits per heavy atom. The number of fused-ring (bicyclic) bond motifs is 1. The zero-order chi connectivity index (χ0) is 20.6. The zero-order valence-corrected chi connectivity index (χ0v) is 17.3. The maximum absolute atomic E-state index is 13.2. The summed E-state index contributed by atoms with van der Waals surface area (Å²) >= 11 is 6.24. The van der Waals surface area contributed by atoms with Gasteiger partial charge in [-0.25, -0.2) is 5.01 Å². The van der Waals surface area contributed by atoms with E-state index in [9.17, 15) is 9.59 Å². The maximum atomic E-state index is 13.2. The van der Waals surface area contributed by atoms with Crippen molar-refractivity contribution in [3.05, 3.63) is 57.6 Å². The Morgan fingerprint density at radius 2 is 1.57 bits per heavy atom. The first-order chi connectivity index (χ1) is 13.1. The Balaban J connectivity index is 1.91. The SMILES string of the molecule is Cc1cc(C)cc(C(=O)N(NC(=O)c2cc3c(cc2Cl)OCO3)C(C)(C)C)c1. The number of hydrazine groups is 1. The number of aryl methyl sites for hydroxylation is 2. The minimum absolute atomic E-state index is 0.0794. The molecule has 0 aliphatic carbocycles. The van der Waals surface area contributed by atoms with Crippen LogP contribution in [-0.4, -0.2) is 29.2 Å². The van der Waals surface area contributed by atoms with E-state index >= 15 is 0 Å². The first-order valence-corrected chi connectivity index (χ1v) is 9.27. The number of hydrogen-bond acceptors (Lipinski definition) is 4. The fraction of sp³-hybridized carbons (Fsp3) is 0.333. The van der Waals surface area contributed by atoms with Crippen LogP contribution >= 0.6 is 11.6 Å². The second-order valence-corrected chi connectivity index (χ2v) is 8.22. The van der Waals surface area contributed by atoms with Crippen LogP contribution in [0, 0.1) is 13.8 Å². The number of nitrogens with one attached hydrogen (secondary N) is 1. The molecule has 3 rings (SSSR count). The van der Waals surface area contributed by atoms with E-state index in [-0.39, 0.29) is 23.3 Å². The molecule has 1 aliphatic rings. The highest BCUT2D eigenvalue weighted by Crippen LogP contribution is 2.36. The maximum Gasteiger partial charge on any atom is 0.272 e. The second-order valence-electron chi connectivity index (χ2n) is 7.81. The second kappa shape index (κ2) is 7.36. The molecule has 7 heteroatoms. The predicted octanol–water partition coefficient (Wildman–Crippen LogP) is 4.27. The zero-order valence-electron chi connectivity index (χ0n) is 16.6. The molecule has 0 unspecified atom stereocenters. The summed E-state index contributed by atoms with van der Waals surface area (Å²) in [5.74, 6) is 0.124. The molecule has 2 aromatic rings. The Bertz CT molecular complexity index is 930. The van der Waals surface area contributed by atoms with E-state index in [1.165, 1.54) is 17.1 Å². The van der Waals surface area contributed by atoms with E-state index < -0.39 is 11.4 Å². The van der Waals surface area contributed by atoms with Crippen molar-refractivity contribution in [2.24, 2.45) is 0 Å². The summed E-state index contributed by atoms with van der Waals surface area (Å²) in [6, 6.07) is 8.64. The molecule has 2 aromatic carbocycles. The van der Waals surface area contributed by atoms with Gasteiger partial charge in [0.05, 0.1) is 16.1 Å². The van der Waals surface area contributed by atoms with E-state index in [0.29, 0.717) is 17.1 Å². The van der Waals surface area contributed by atoms with Crippen LogP contribution in [0.5, 0.6) is 11.5 Å². The monoisotopic (exact) mass is 402 g/mol. The standard InChI is InChI=1S/C21H23ClN2O4/c1-12-6-13(2)8-14(7-12)20(26)24(21(3,4)5)23-19(25)15-9-17-18(10-16(15)22)28-11-27-17/h6-10H,11H2,1-5H3,(H,23,25). The van der Waals surface area contributed by atoms with Crippen molar-refractivity contribution in [3.8, 4) is 11.5 Å². The average Bonchev–Trinajstić information content (AvgIpc) is 3.03. The van der Waals surface area contributed by atoms with E-state index in [2.05, 4.69) is 5.43 Å². The highest BCUT2D eigenvalue weighted by molar-refractivity contribution is 6.34. The quantitative estimate of drug-likeness (QED) is 0.761. The highest BCUT2D eigenvalue weighted by Gasteiger charge is 2.31. The van der Waals surface area contributed by atoms with Crippen LogP contribution in [0.25, 0.3) is 0 Å². The molecule has 0 aromatic heterocycles. The number of rotatable bonds is 2. The molecule has 1 heterocycles. The lowest BCUT2D eigenvalue weighted by atomic mass is 10.0. The number of nitrogens with zero attached hydrogens (tertiary/aromatic N) is 1. The van der Waals surface area contributed by atoms with Gasteiger partial charge in [0.25, 0.3) is 11.8 Å². The summed E-state index contributed by atoms with van der Waals surface area (Å²) in [5, 5.41) is 1.54. The van der Waals surface area contributed by atoms with Crippen molar-refractivity contribution in [1.82, 2.24) is 10.4 Å². The summed E-state index contributed by atoms with van der Waals surface area (Å²) < 4.78 is 10.6. The Kier molecular flexibility index (Phi) is 5.26. The van der Waals surface area contributed by atoms with Crippen LogP contribution in [0.4, 0.5) is 0 Å². The number of carbonyl (C=O) groups is 2. The highest BCUT2D eigenvalue weighted by atomic mass is 35.5. The first kappa shape index (κ1) is 20.0. The number of halogens is 1. The van der Waals surface area contributed by atoms with Gasteiger partial charge in [0.2, 0.25) is 6.79 Å². The minimum Gasteiger partial charge on any atom is -0.454 e. The molecule has 0 spiro atoms. The number of benzene rings is 2. The molecule has 148 valence electrons. The Labute approximate surface area is 169 Å². The molecule has 0 bridgehead atoms. The van der Waals surface area contributed by atoms with Crippen molar-refractivity contribution in [1.29, 1.82) is 0 Å². The lowest BCUT2D eigenvalue weighted by molar-refractivity contribution is 0.0358. The van der Waals surface area contributed by atoms with Gasteiger partial charge >= 0.3 is 0 Å². The molecular weight excluding hydrogens is 380 g/mol. The third-order valence-corrected chi connectivity index (χ3v) is 4.58. The van der Waals surface area contributed by atoms with Crippen molar-refractivity contribution < 1.29 is 19.1 Å². The molecule has 28 heavy (non-hydrogen) atoms. The van der Waals surface area contributed by atoms with E-state index in [0.717, 1.165) is 11.1 Å². The number of carbonyl (C=O) groups excluding carboxylic acids is 2. The lowest BCUT2D eigenvalue weighted by Gasteiger charge is -2.35. The molecule has 6 nitrogen and oxygen atoms in total.